The van der Waals surface area contributed by atoms with Crippen LogP contribution in [0.1, 0.15) is 19.3 Å². The molecule has 2 atom stereocenters. The molecule has 2 aliphatic rings. The first-order valence-corrected chi connectivity index (χ1v) is 6.30. The Bertz CT molecular complexity index is 200. The molecule has 0 aromatic rings. The number of hydrogen-bond donors (Lipinski definition) is 4. The van der Waals surface area contributed by atoms with E-state index in [-0.39, 0.29) is 6.03 Å². The standard InChI is InChI=1S/C11H22N4O/c16-11(14-7-9-3-5-12-6-9)15-8-10-2-1-4-13-10/h9-10,12-13H,1-8H2,(H2,14,15,16). The topological polar surface area (TPSA) is 65.2 Å². The Morgan fingerprint density at radius 1 is 1.19 bits per heavy atom. The predicted octanol–water partition coefficient (Wildman–Crippen LogP) is -0.353. The van der Waals surface area contributed by atoms with Crippen LogP contribution in [-0.2, 0) is 0 Å². The lowest BCUT2D eigenvalue weighted by Crippen LogP contribution is -2.43. The van der Waals surface area contributed by atoms with E-state index in [2.05, 4.69) is 21.3 Å². The molecule has 2 fully saturated rings. The van der Waals surface area contributed by atoms with Crippen molar-refractivity contribution in [2.24, 2.45) is 5.92 Å². The first-order valence-electron chi connectivity index (χ1n) is 6.30. The molecular formula is C11H22N4O. The van der Waals surface area contributed by atoms with E-state index in [1.807, 2.05) is 0 Å². The highest BCUT2D eigenvalue weighted by Crippen LogP contribution is 2.05. The fraction of sp³-hybridized carbons (Fsp3) is 0.909. The summed E-state index contributed by atoms with van der Waals surface area (Å²) < 4.78 is 0. The van der Waals surface area contributed by atoms with Crippen LogP contribution in [0.15, 0.2) is 0 Å². The number of urea groups is 1. The van der Waals surface area contributed by atoms with Gasteiger partial charge in [0.05, 0.1) is 0 Å². The van der Waals surface area contributed by atoms with Gasteiger partial charge in [-0.05, 0) is 44.8 Å². The van der Waals surface area contributed by atoms with Crippen LogP contribution in [0.4, 0.5) is 4.79 Å². The molecule has 2 unspecified atom stereocenters. The van der Waals surface area contributed by atoms with E-state index in [1.165, 1.54) is 19.3 Å². The van der Waals surface area contributed by atoms with Gasteiger partial charge in [-0.15, -0.1) is 0 Å². The second-order valence-corrected chi connectivity index (χ2v) is 4.74. The molecule has 0 radical (unpaired) electrons. The SMILES string of the molecule is O=C(NCC1CCNC1)NCC1CCCN1. The molecular weight excluding hydrogens is 204 g/mol. The van der Waals surface area contributed by atoms with E-state index >= 15 is 0 Å². The number of carbonyl (C=O) groups is 1. The molecule has 2 heterocycles. The smallest absolute Gasteiger partial charge is 0.314 e. The second kappa shape index (κ2) is 6.06. The van der Waals surface area contributed by atoms with Gasteiger partial charge in [0, 0.05) is 19.1 Å². The molecule has 2 aliphatic heterocycles. The van der Waals surface area contributed by atoms with Crippen molar-refractivity contribution in [3.8, 4) is 0 Å². The van der Waals surface area contributed by atoms with Crippen LogP contribution in [0, 0.1) is 5.92 Å². The van der Waals surface area contributed by atoms with E-state index in [1.54, 1.807) is 0 Å². The van der Waals surface area contributed by atoms with Gasteiger partial charge in [-0.25, -0.2) is 4.79 Å². The Morgan fingerprint density at radius 2 is 2.06 bits per heavy atom. The van der Waals surface area contributed by atoms with Crippen molar-refractivity contribution in [2.75, 3.05) is 32.7 Å². The first kappa shape index (κ1) is 11.7. The summed E-state index contributed by atoms with van der Waals surface area (Å²) in [7, 11) is 0. The molecule has 0 aromatic carbocycles. The normalized spacial score (nSPS) is 29.2. The van der Waals surface area contributed by atoms with Crippen molar-refractivity contribution in [3.63, 3.8) is 0 Å². The number of amides is 2. The Kier molecular flexibility index (Phi) is 4.42. The summed E-state index contributed by atoms with van der Waals surface area (Å²) in [4.78, 5) is 11.5. The molecule has 0 spiro atoms. The van der Waals surface area contributed by atoms with Gasteiger partial charge in [0.25, 0.3) is 0 Å². The summed E-state index contributed by atoms with van der Waals surface area (Å²) in [5.74, 6) is 0.607. The lowest BCUT2D eigenvalue weighted by molar-refractivity contribution is 0.238. The quantitative estimate of drug-likeness (QED) is 0.530. The van der Waals surface area contributed by atoms with Gasteiger partial charge in [-0.3, -0.25) is 0 Å². The van der Waals surface area contributed by atoms with E-state index in [9.17, 15) is 4.79 Å². The monoisotopic (exact) mass is 226 g/mol. The number of carbonyl (C=O) groups excluding carboxylic acids is 1. The number of rotatable bonds is 4. The minimum Gasteiger partial charge on any atom is -0.338 e. The van der Waals surface area contributed by atoms with Crippen LogP contribution in [0.5, 0.6) is 0 Å². The molecule has 2 rings (SSSR count). The average molecular weight is 226 g/mol. The van der Waals surface area contributed by atoms with Gasteiger partial charge in [0.1, 0.15) is 0 Å². The van der Waals surface area contributed by atoms with Crippen molar-refractivity contribution in [1.82, 2.24) is 21.3 Å². The van der Waals surface area contributed by atoms with E-state index in [0.29, 0.717) is 12.0 Å². The van der Waals surface area contributed by atoms with E-state index in [4.69, 9.17) is 0 Å². The predicted molar refractivity (Wildman–Crippen MR) is 63.4 cm³/mol. The first-order chi connectivity index (χ1) is 7.84. The van der Waals surface area contributed by atoms with Crippen LogP contribution in [0.3, 0.4) is 0 Å². The summed E-state index contributed by atoms with van der Waals surface area (Å²) in [5.41, 5.74) is 0. The highest BCUT2D eigenvalue weighted by Gasteiger charge is 2.16. The maximum absolute atomic E-state index is 11.5. The van der Waals surface area contributed by atoms with Crippen LogP contribution in [0.25, 0.3) is 0 Å². The summed E-state index contributed by atoms with van der Waals surface area (Å²) in [5, 5.41) is 12.5. The maximum Gasteiger partial charge on any atom is 0.314 e. The minimum atomic E-state index is -0.0272. The molecule has 4 N–H and O–H groups in total. The number of nitrogens with one attached hydrogen (secondary N) is 4. The van der Waals surface area contributed by atoms with Gasteiger partial charge in [0.2, 0.25) is 0 Å². The zero-order valence-corrected chi connectivity index (χ0v) is 9.72. The molecule has 0 aromatic heterocycles. The lowest BCUT2D eigenvalue weighted by atomic mass is 10.1. The summed E-state index contributed by atoms with van der Waals surface area (Å²) >= 11 is 0. The molecule has 2 saturated heterocycles. The molecule has 5 nitrogen and oxygen atoms in total. The molecule has 2 amide bonds. The second-order valence-electron chi connectivity index (χ2n) is 4.74. The molecule has 16 heavy (non-hydrogen) atoms. The third kappa shape index (κ3) is 3.64. The van der Waals surface area contributed by atoms with Crippen LogP contribution in [-0.4, -0.2) is 44.8 Å². The van der Waals surface area contributed by atoms with Gasteiger partial charge in [-0.1, -0.05) is 0 Å². The highest BCUT2D eigenvalue weighted by molar-refractivity contribution is 5.73. The number of hydrogen-bond acceptors (Lipinski definition) is 3. The molecule has 0 aliphatic carbocycles. The Morgan fingerprint density at radius 3 is 2.75 bits per heavy atom. The van der Waals surface area contributed by atoms with Crippen molar-refractivity contribution < 1.29 is 4.79 Å². The lowest BCUT2D eigenvalue weighted by Gasteiger charge is -2.14. The minimum absolute atomic E-state index is 0.0272. The van der Waals surface area contributed by atoms with Crippen molar-refractivity contribution in [2.45, 2.75) is 25.3 Å². The highest BCUT2D eigenvalue weighted by atomic mass is 16.2. The fourth-order valence-corrected chi connectivity index (χ4v) is 2.34. The maximum atomic E-state index is 11.5. The van der Waals surface area contributed by atoms with Crippen molar-refractivity contribution in [1.29, 1.82) is 0 Å². The zero-order chi connectivity index (χ0) is 11.2. The van der Waals surface area contributed by atoms with Crippen LogP contribution < -0.4 is 21.3 Å². The molecule has 0 saturated carbocycles. The van der Waals surface area contributed by atoms with Gasteiger partial charge in [0.15, 0.2) is 0 Å². The van der Waals surface area contributed by atoms with Crippen LogP contribution in [0.2, 0.25) is 0 Å². The van der Waals surface area contributed by atoms with Crippen molar-refractivity contribution >= 4 is 6.03 Å². The summed E-state index contributed by atoms with van der Waals surface area (Å²) in [6, 6.07) is 0.444. The molecule has 92 valence electrons. The zero-order valence-electron chi connectivity index (χ0n) is 9.72. The van der Waals surface area contributed by atoms with Gasteiger partial charge in [-0.2, -0.15) is 0 Å². The van der Waals surface area contributed by atoms with E-state index in [0.717, 1.165) is 32.7 Å². The Hall–Kier alpha value is -0.810. The molecule has 0 bridgehead atoms. The van der Waals surface area contributed by atoms with Crippen LogP contribution >= 0.6 is 0 Å². The average Bonchev–Trinajstić information content (AvgIpc) is 2.96. The summed E-state index contributed by atoms with van der Waals surface area (Å²) in [6.45, 7) is 4.73. The Labute approximate surface area is 96.7 Å². The van der Waals surface area contributed by atoms with Gasteiger partial charge < -0.3 is 21.3 Å². The largest absolute Gasteiger partial charge is 0.338 e. The van der Waals surface area contributed by atoms with Gasteiger partial charge >= 0.3 is 6.03 Å². The van der Waals surface area contributed by atoms with Crippen molar-refractivity contribution in [3.05, 3.63) is 0 Å². The molecule has 5 heteroatoms. The Balaban J connectivity index is 1.53. The third-order valence-electron chi connectivity index (χ3n) is 3.39. The third-order valence-corrected chi connectivity index (χ3v) is 3.39. The summed E-state index contributed by atoms with van der Waals surface area (Å²) in [6.07, 6.45) is 3.57. The van der Waals surface area contributed by atoms with E-state index < -0.39 is 0 Å². The fourth-order valence-electron chi connectivity index (χ4n) is 2.34.